The van der Waals surface area contributed by atoms with Crippen LogP contribution in [0.3, 0.4) is 0 Å². The molecule has 1 aromatic carbocycles. The standard InChI is InChI=1S/C22H28N4O5/c1-13-9-15(26(30)31)3-4-16(13)14-5-8-23-18(10-14)20(27)19-17(21(28)24-29)11-22(6-7-22)12-25(19)2/h3-5,9,17-19,23,29H,6-8,10-12H2,1-2H3,(H,24,28)/t17-,18?,19-/m0/s1. The molecule has 1 unspecified atom stereocenters. The third kappa shape index (κ3) is 4.13. The van der Waals surface area contributed by atoms with Gasteiger partial charge in [0.1, 0.15) is 0 Å². The second-order valence-corrected chi connectivity index (χ2v) is 9.20. The molecule has 1 saturated carbocycles. The van der Waals surface area contributed by atoms with Crippen LogP contribution in [0.15, 0.2) is 24.3 Å². The van der Waals surface area contributed by atoms with Crippen LogP contribution in [0.5, 0.6) is 0 Å². The van der Waals surface area contributed by atoms with Gasteiger partial charge in [-0.3, -0.25) is 29.8 Å². The molecule has 166 valence electrons. The third-order valence-electron chi connectivity index (χ3n) is 7.04. The quantitative estimate of drug-likeness (QED) is 0.371. The average Bonchev–Trinajstić information content (AvgIpc) is 3.50. The fourth-order valence-corrected chi connectivity index (χ4v) is 5.30. The van der Waals surface area contributed by atoms with E-state index in [2.05, 4.69) is 5.32 Å². The van der Waals surface area contributed by atoms with Crippen molar-refractivity contribution >= 4 is 23.0 Å². The molecule has 9 nitrogen and oxygen atoms in total. The lowest BCUT2D eigenvalue weighted by Gasteiger charge is -2.43. The molecule has 0 bridgehead atoms. The van der Waals surface area contributed by atoms with Crippen LogP contribution in [0.2, 0.25) is 0 Å². The van der Waals surface area contributed by atoms with Gasteiger partial charge in [0.25, 0.3) is 5.69 Å². The number of hydrogen-bond donors (Lipinski definition) is 3. The molecule has 2 aliphatic heterocycles. The summed E-state index contributed by atoms with van der Waals surface area (Å²) in [6, 6.07) is 3.68. The van der Waals surface area contributed by atoms with Gasteiger partial charge in [0, 0.05) is 25.2 Å². The minimum Gasteiger partial charge on any atom is -0.304 e. The zero-order valence-electron chi connectivity index (χ0n) is 17.8. The first-order valence-corrected chi connectivity index (χ1v) is 10.6. The van der Waals surface area contributed by atoms with E-state index < -0.39 is 28.8 Å². The largest absolute Gasteiger partial charge is 0.304 e. The maximum atomic E-state index is 13.5. The number of carbonyl (C=O) groups is 2. The maximum Gasteiger partial charge on any atom is 0.269 e. The van der Waals surface area contributed by atoms with Gasteiger partial charge in [0.05, 0.1) is 22.9 Å². The van der Waals surface area contributed by atoms with Gasteiger partial charge in [-0.05, 0) is 67.8 Å². The number of amides is 1. The van der Waals surface area contributed by atoms with Gasteiger partial charge in [-0.15, -0.1) is 0 Å². The summed E-state index contributed by atoms with van der Waals surface area (Å²) in [4.78, 5) is 38.5. The first kappa shape index (κ1) is 21.6. The predicted molar refractivity (Wildman–Crippen MR) is 113 cm³/mol. The number of ketones is 1. The van der Waals surface area contributed by atoms with Gasteiger partial charge >= 0.3 is 0 Å². The molecule has 1 spiro atoms. The number of rotatable bonds is 5. The van der Waals surface area contributed by atoms with Crippen LogP contribution in [-0.2, 0) is 9.59 Å². The zero-order chi connectivity index (χ0) is 22.3. The molecule has 3 aliphatic rings. The third-order valence-corrected chi connectivity index (χ3v) is 7.04. The van der Waals surface area contributed by atoms with E-state index in [4.69, 9.17) is 0 Å². The van der Waals surface area contributed by atoms with Crippen LogP contribution in [0.1, 0.15) is 36.8 Å². The smallest absolute Gasteiger partial charge is 0.269 e. The molecule has 0 aromatic heterocycles. The van der Waals surface area contributed by atoms with E-state index in [0.29, 0.717) is 19.4 Å². The van der Waals surface area contributed by atoms with Crippen LogP contribution in [0, 0.1) is 28.4 Å². The Kier molecular flexibility index (Phi) is 5.67. The number of nitro groups is 1. The molecule has 9 heteroatoms. The zero-order valence-corrected chi connectivity index (χ0v) is 17.8. The molecule has 2 fully saturated rings. The molecular weight excluding hydrogens is 400 g/mol. The lowest BCUT2D eigenvalue weighted by atomic mass is 9.76. The van der Waals surface area contributed by atoms with E-state index in [-0.39, 0.29) is 16.9 Å². The van der Waals surface area contributed by atoms with Crippen molar-refractivity contribution in [2.24, 2.45) is 11.3 Å². The highest BCUT2D eigenvalue weighted by molar-refractivity contribution is 5.96. The molecule has 3 atom stereocenters. The molecule has 1 aliphatic carbocycles. The van der Waals surface area contributed by atoms with Crippen molar-refractivity contribution in [2.75, 3.05) is 20.1 Å². The highest BCUT2D eigenvalue weighted by Gasteiger charge is 2.55. The van der Waals surface area contributed by atoms with Crippen LogP contribution < -0.4 is 10.8 Å². The number of carbonyl (C=O) groups excluding carboxylic acids is 2. The fourth-order valence-electron chi connectivity index (χ4n) is 5.30. The van der Waals surface area contributed by atoms with E-state index in [9.17, 15) is 24.9 Å². The number of likely N-dealkylation sites (N-methyl/N-ethyl adjacent to an activating group) is 1. The van der Waals surface area contributed by atoms with E-state index >= 15 is 0 Å². The van der Waals surface area contributed by atoms with Crippen molar-refractivity contribution in [3.05, 3.63) is 45.5 Å². The first-order valence-electron chi connectivity index (χ1n) is 10.6. The van der Waals surface area contributed by atoms with Crippen LogP contribution in [0.4, 0.5) is 5.69 Å². The lowest BCUT2D eigenvalue weighted by molar-refractivity contribution is -0.384. The molecule has 3 N–H and O–H groups in total. The van der Waals surface area contributed by atoms with E-state index in [0.717, 1.165) is 36.1 Å². The van der Waals surface area contributed by atoms with Gasteiger partial charge < -0.3 is 5.32 Å². The molecule has 4 rings (SSSR count). The number of nitrogens with zero attached hydrogens (tertiary/aromatic N) is 2. The van der Waals surface area contributed by atoms with Gasteiger partial charge in [0.2, 0.25) is 5.91 Å². The van der Waals surface area contributed by atoms with Crippen molar-refractivity contribution < 1.29 is 19.7 Å². The van der Waals surface area contributed by atoms with Crippen molar-refractivity contribution in [3.8, 4) is 0 Å². The number of hydrogen-bond acceptors (Lipinski definition) is 7. The minimum absolute atomic E-state index is 0.0408. The second-order valence-electron chi connectivity index (χ2n) is 9.20. The summed E-state index contributed by atoms with van der Waals surface area (Å²) in [5.74, 6) is -1.15. The van der Waals surface area contributed by atoms with Crippen LogP contribution in [-0.4, -0.2) is 58.9 Å². The molecule has 31 heavy (non-hydrogen) atoms. The number of likely N-dealkylation sites (tertiary alicyclic amines) is 1. The van der Waals surface area contributed by atoms with Crippen molar-refractivity contribution in [3.63, 3.8) is 0 Å². The number of hydroxylamine groups is 1. The molecule has 1 aromatic rings. The van der Waals surface area contributed by atoms with Crippen molar-refractivity contribution in [2.45, 2.75) is 44.7 Å². The van der Waals surface area contributed by atoms with Crippen molar-refractivity contribution in [1.29, 1.82) is 0 Å². The fraction of sp³-hybridized carbons (Fsp3) is 0.545. The normalized spacial score (nSPS) is 27.5. The predicted octanol–water partition coefficient (Wildman–Crippen LogP) is 1.82. The molecular formula is C22H28N4O5. The molecule has 1 amide bonds. The number of benzene rings is 1. The highest BCUT2D eigenvalue weighted by Crippen LogP contribution is 2.54. The number of non-ortho nitro benzene ring substituents is 1. The number of nitrogens with one attached hydrogen (secondary N) is 2. The lowest BCUT2D eigenvalue weighted by Crippen LogP contribution is -2.60. The van der Waals surface area contributed by atoms with Crippen LogP contribution in [0.25, 0.3) is 5.57 Å². The van der Waals surface area contributed by atoms with E-state index in [1.807, 2.05) is 24.9 Å². The van der Waals surface area contributed by atoms with Gasteiger partial charge in [-0.2, -0.15) is 0 Å². The molecule has 1 saturated heterocycles. The SMILES string of the molecule is Cc1cc([N+](=O)[O-])ccc1C1=CCNC(C(=O)[C@@H]2[C@@H](C(=O)NO)CC3(CC3)CN2C)C1. The van der Waals surface area contributed by atoms with E-state index in [1.54, 1.807) is 17.6 Å². The first-order chi connectivity index (χ1) is 14.7. The Bertz CT molecular complexity index is 955. The van der Waals surface area contributed by atoms with E-state index in [1.165, 1.54) is 6.07 Å². The summed E-state index contributed by atoms with van der Waals surface area (Å²) < 4.78 is 0. The number of piperidine rings is 1. The summed E-state index contributed by atoms with van der Waals surface area (Å²) in [7, 11) is 1.87. The summed E-state index contributed by atoms with van der Waals surface area (Å²) in [5.41, 5.74) is 4.53. The highest BCUT2D eigenvalue weighted by atomic mass is 16.6. The van der Waals surface area contributed by atoms with Gasteiger partial charge in [-0.25, -0.2) is 5.48 Å². The molecule has 2 heterocycles. The van der Waals surface area contributed by atoms with Gasteiger partial charge in [-0.1, -0.05) is 6.08 Å². The maximum absolute atomic E-state index is 13.5. The summed E-state index contributed by atoms with van der Waals surface area (Å²) >= 11 is 0. The topological polar surface area (TPSA) is 125 Å². The Balaban J connectivity index is 1.54. The Hall–Kier alpha value is -2.62. The summed E-state index contributed by atoms with van der Waals surface area (Å²) in [6.07, 6.45) is 5.14. The Morgan fingerprint density at radius 1 is 1.35 bits per heavy atom. The Morgan fingerprint density at radius 2 is 2.10 bits per heavy atom. The number of aryl methyl sites for hydroxylation is 1. The summed E-state index contributed by atoms with van der Waals surface area (Å²) in [6.45, 7) is 3.10. The minimum atomic E-state index is -0.604. The van der Waals surface area contributed by atoms with Crippen molar-refractivity contribution in [1.82, 2.24) is 15.7 Å². The average molecular weight is 428 g/mol. The number of nitro benzene ring substituents is 1. The Morgan fingerprint density at radius 3 is 2.71 bits per heavy atom. The number of Topliss-reactive ketones (excluding diaryl/α,β-unsaturated/α-hetero) is 1. The monoisotopic (exact) mass is 428 g/mol. The summed E-state index contributed by atoms with van der Waals surface area (Å²) in [5, 5.41) is 23.5. The van der Waals surface area contributed by atoms with Gasteiger partial charge in [0.15, 0.2) is 5.78 Å². The Labute approximate surface area is 180 Å². The second kappa shape index (κ2) is 8.14. The molecule has 0 radical (unpaired) electrons. The van der Waals surface area contributed by atoms with Crippen LogP contribution >= 0.6 is 0 Å².